The number of benzene rings is 1. The first-order chi connectivity index (χ1) is 22.8. The van der Waals surface area contributed by atoms with Crippen LogP contribution in [0.2, 0.25) is 0 Å². The standard InChI is InChI=1S/C35H38N6O5S/c1-21(42)46-20-28-25(7-5-8-30(28)40-11-10-27-26-6-3-4-9-31(26)47-33(27)35(40)44)22-14-29(34(43)38(2)16-22)36-32-15-23-17-39(24-18-45-19-24)12-13-41(23)37-32/h5,7-8,14-16,24H,3-4,6,9-13,17-20H2,1-2H3,(H,36,37). The van der Waals surface area contributed by atoms with Crippen LogP contribution in [0, 0.1) is 0 Å². The summed E-state index contributed by atoms with van der Waals surface area (Å²) in [6.45, 7) is 5.96. The van der Waals surface area contributed by atoms with Crippen molar-refractivity contribution in [1.29, 1.82) is 0 Å². The predicted molar refractivity (Wildman–Crippen MR) is 179 cm³/mol. The van der Waals surface area contributed by atoms with E-state index in [0.29, 0.717) is 24.1 Å². The molecule has 6 heterocycles. The summed E-state index contributed by atoms with van der Waals surface area (Å²) >= 11 is 1.65. The van der Waals surface area contributed by atoms with Gasteiger partial charge in [-0.05, 0) is 60.9 Å². The van der Waals surface area contributed by atoms with E-state index in [1.807, 2.05) is 39.9 Å². The molecule has 0 spiro atoms. The van der Waals surface area contributed by atoms with Crippen molar-refractivity contribution < 1.29 is 19.1 Å². The van der Waals surface area contributed by atoms with E-state index in [9.17, 15) is 14.4 Å². The Labute approximate surface area is 276 Å². The van der Waals surface area contributed by atoms with Crippen molar-refractivity contribution in [2.24, 2.45) is 7.05 Å². The van der Waals surface area contributed by atoms with Crippen LogP contribution in [0.3, 0.4) is 0 Å². The Morgan fingerprint density at radius 3 is 2.74 bits per heavy atom. The molecule has 1 saturated heterocycles. The van der Waals surface area contributed by atoms with E-state index in [2.05, 4.69) is 10.2 Å². The van der Waals surface area contributed by atoms with Gasteiger partial charge in [0.25, 0.3) is 11.5 Å². The maximum atomic E-state index is 14.0. The van der Waals surface area contributed by atoms with Crippen molar-refractivity contribution in [2.75, 3.05) is 36.5 Å². The van der Waals surface area contributed by atoms with Crippen LogP contribution in [-0.4, -0.2) is 63.5 Å². The average Bonchev–Trinajstić information content (AvgIpc) is 3.62. The fraction of sp³-hybridized carbons (Fsp3) is 0.429. The molecule has 0 saturated carbocycles. The highest BCUT2D eigenvalue weighted by molar-refractivity contribution is 7.14. The highest BCUT2D eigenvalue weighted by Crippen LogP contribution is 2.41. The van der Waals surface area contributed by atoms with Gasteiger partial charge >= 0.3 is 5.97 Å². The third-order valence-electron chi connectivity index (χ3n) is 9.89. The van der Waals surface area contributed by atoms with E-state index in [1.54, 1.807) is 29.1 Å². The van der Waals surface area contributed by atoms with E-state index in [0.717, 1.165) is 85.1 Å². The topological polar surface area (TPSA) is 111 Å². The first-order valence-electron chi connectivity index (χ1n) is 16.4. The summed E-state index contributed by atoms with van der Waals surface area (Å²) in [5.74, 6) is 0.212. The number of amides is 1. The van der Waals surface area contributed by atoms with Crippen LogP contribution in [0.4, 0.5) is 17.2 Å². The van der Waals surface area contributed by atoms with E-state index < -0.39 is 5.97 Å². The molecule has 0 atom stereocenters. The van der Waals surface area contributed by atoms with E-state index in [4.69, 9.17) is 14.6 Å². The molecule has 0 bridgehead atoms. The molecule has 4 aromatic rings. The summed E-state index contributed by atoms with van der Waals surface area (Å²) in [5, 5.41) is 8.03. The van der Waals surface area contributed by atoms with Gasteiger partial charge in [-0.3, -0.25) is 24.0 Å². The normalized spacial score (nSPS) is 17.9. The number of rotatable bonds is 7. The molecular formula is C35H38N6O5S. The van der Waals surface area contributed by atoms with Crippen LogP contribution in [0.15, 0.2) is 41.3 Å². The summed E-state index contributed by atoms with van der Waals surface area (Å²) < 4.78 is 14.5. The molecule has 1 aromatic carbocycles. The number of anilines is 3. The lowest BCUT2D eigenvalue weighted by molar-refractivity contribution is -0.142. The van der Waals surface area contributed by atoms with E-state index in [-0.39, 0.29) is 18.1 Å². The molecule has 1 amide bonds. The molecule has 0 radical (unpaired) electrons. The number of aromatic nitrogens is 3. The number of thiophene rings is 1. The number of aryl methyl sites for hydroxylation is 2. The monoisotopic (exact) mass is 654 g/mol. The number of carbonyl (C=O) groups excluding carboxylic acids is 2. The Balaban J connectivity index is 1.13. The number of nitrogens with one attached hydrogen (secondary N) is 1. The molecule has 3 aliphatic heterocycles. The number of pyridine rings is 1. The summed E-state index contributed by atoms with van der Waals surface area (Å²) in [7, 11) is 1.72. The molecule has 12 heteroatoms. The molecule has 4 aliphatic rings. The van der Waals surface area contributed by atoms with Gasteiger partial charge in [-0.2, -0.15) is 5.10 Å². The van der Waals surface area contributed by atoms with E-state index in [1.165, 1.54) is 35.8 Å². The minimum Gasteiger partial charge on any atom is -0.461 e. The Morgan fingerprint density at radius 2 is 1.94 bits per heavy atom. The van der Waals surface area contributed by atoms with Gasteiger partial charge in [0.15, 0.2) is 5.82 Å². The Morgan fingerprint density at radius 1 is 1.09 bits per heavy atom. The minimum absolute atomic E-state index is 0.000318. The number of ether oxygens (including phenoxy) is 2. The van der Waals surface area contributed by atoms with Gasteiger partial charge in [-0.25, -0.2) is 0 Å². The van der Waals surface area contributed by atoms with Gasteiger partial charge in [-0.1, -0.05) is 12.1 Å². The lowest BCUT2D eigenvalue weighted by Gasteiger charge is -2.39. The average molecular weight is 655 g/mol. The SMILES string of the molecule is CC(=O)OCc1c(-c2cc(Nc3cc4n(n3)CCN(C3COC3)C4)c(=O)n(C)c2)cccc1N1CCc2c(sc3c2CCCC3)C1=O. The van der Waals surface area contributed by atoms with Crippen LogP contribution in [-0.2, 0) is 60.3 Å². The van der Waals surface area contributed by atoms with Gasteiger partial charge in [0.2, 0.25) is 0 Å². The number of carbonyl (C=O) groups is 2. The quantitative estimate of drug-likeness (QED) is 0.292. The van der Waals surface area contributed by atoms with Crippen LogP contribution < -0.4 is 15.8 Å². The third-order valence-corrected chi connectivity index (χ3v) is 11.2. The smallest absolute Gasteiger partial charge is 0.302 e. The molecule has 0 unspecified atom stereocenters. The molecular weight excluding hydrogens is 616 g/mol. The predicted octanol–water partition coefficient (Wildman–Crippen LogP) is 4.41. The number of fused-ring (bicyclic) bond motifs is 4. The van der Waals surface area contributed by atoms with Gasteiger partial charge in [0.1, 0.15) is 12.3 Å². The van der Waals surface area contributed by atoms with Crippen LogP contribution in [0.1, 0.15) is 56.7 Å². The minimum atomic E-state index is -0.404. The zero-order valence-corrected chi connectivity index (χ0v) is 27.5. The highest BCUT2D eigenvalue weighted by atomic mass is 32.1. The summed E-state index contributed by atoms with van der Waals surface area (Å²) in [5.41, 5.74) is 6.90. The fourth-order valence-corrected chi connectivity index (χ4v) is 8.74. The Bertz CT molecular complexity index is 1960. The van der Waals surface area contributed by atoms with Crippen LogP contribution in [0.5, 0.6) is 0 Å². The van der Waals surface area contributed by atoms with Crippen LogP contribution >= 0.6 is 11.3 Å². The van der Waals surface area contributed by atoms with Gasteiger partial charge in [0, 0.05) is 61.9 Å². The van der Waals surface area contributed by atoms with Crippen molar-refractivity contribution in [3.63, 3.8) is 0 Å². The lowest BCUT2D eigenvalue weighted by Crippen LogP contribution is -2.51. The Kier molecular flexibility index (Phi) is 7.73. The second-order valence-electron chi connectivity index (χ2n) is 12.9. The van der Waals surface area contributed by atoms with Crippen molar-refractivity contribution in [2.45, 2.75) is 64.8 Å². The summed E-state index contributed by atoms with van der Waals surface area (Å²) in [6.07, 6.45) is 7.04. The Hall–Kier alpha value is -4.26. The maximum absolute atomic E-state index is 14.0. The summed E-state index contributed by atoms with van der Waals surface area (Å²) in [4.78, 5) is 45.9. The van der Waals surface area contributed by atoms with Crippen molar-refractivity contribution in [3.05, 3.63) is 79.0 Å². The number of nitrogens with zero attached hydrogens (tertiary/aromatic N) is 5. The van der Waals surface area contributed by atoms with Gasteiger partial charge in [-0.15, -0.1) is 11.3 Å². The second-order valence-corrected chi connectivity index (χ2v) is 14.0. The molecule has 47 heavy (non-hydrogen) atoms. The van der Waals surface area contributed by atoms with Crippen molar-refractivity contribution in [3.8, 4) is 11.1 Å². The molecule has 11 nitrogen and oxygen atoms in total. The lowest BCUT2D eigenvalue weighted by atomic mass is 9.91. The van der Waals surface area contributed by atoms with Crippen molar-refractivity contribution >= 4 is 40.4 Å². The summed E-state index contributed by atoms with van der Waals surface area (Å²) in [6, 6.07) is 10.1. The van der Waals surface area contributed by atoms with Gasteiger partial charge < -0.3 is 24.3 Å². The first-order valence-corrected chi connectivity index (χ1v) is 17.2. The molecule has 244 valence electrons. The maximum Gasteiger partial charge on any atom is 0.302 e. The van der Waals surface area contributed by atoms with E-state index >= 15 is 0 Å². The third kappa shape index (κ3) is 5.47. The second kappa shape index (κ2) is 12.1. The molecule has 1 N–H and O–H groups in total. The molecule has 3 aromatic heterocycles. The number of esters is 1. The molecule has 8 rings (SSSR count). The number of hydrogen-bond donors (Lipinski definition) is 1. The zero-order chi connectivity index (χ0) is 32.2. The molecule has 1 fully saturated rings. The number of hydrogen-bond acceptors (Lipinski definition) is 9. The molecule has 1 aliphatic carbocycles. The largest absolute Gasteiger partial charge is 0.461 e. The van der Waals surface area contributed by atoms with Crippen LogP contribution in [0.25, 0.3) is 11.1 Å². The zero-order valence-electron chi connectivity index (χ0n) is 26.7. The first kappa shape index (κ1) is 30.1. The highest BCUT2D eigenvalue weighted by Gasteiger charge is 2.34. The fourth-order valence-electron chi connectivity index (χ4n) is 7.35. The van der Waals surface area contributed by atoms with Crippen molar-refractivity contribution in [1.82, 2.24) is 19.2 Å². The van der Waals surface area contributed by atoms with Gasteiger partial charge in [0.05, 0.1) is 42.1 Å².